The predicted molar refractivity (Wildman–Crippen MR) is 111 cm³/mol. The lowest BCUT2D eigenvalue weighted by Crippen LogP contribution is -2.51. The van der Waals surface area contributed by atoms with Crippen LogP contribution in [-0.2, 0) is 33.4 Å². The Bertz CT molecular complexity index is 968. The number of amides is 1. The molecule has 7 heteroatoms. The topological polar surface area (TPSA) is 66.9 Å². The van der Waals surface area contributed by atoms with Crippen LogP contribution in [0.15, 0.2) is 48.5 Å². The van der Waals surface area contributed by atoms with Gasteiger partial charge in [-0.25, -0.2) is 8.42 Å². The Hall–Kier alpha value is -2.38. The molecule has 4 rings (SSSR count). The van der Waals surface area contributed by atoms with Crippen molar-refractivity contribution in [3.05, 3.63) is 65.2 Å². The molecule has 2 aromatic carbocycles. The van der Waals surface area contributed by atoms with Crippen molar-refractivity contribution in [3.63, 3.8) is 0 Å². The lowest BCUT2D eigenvalue weighted by Gasteiger charge is -2.34. The highest BCUT2D eigenvalue weighted by molar-refractivity contribution is 7.88. The Morgan fingerprint density at radius 1 is 0.931 bits per heavy atom. The second-order valence-electron chi connectivity index (χ2n) is 7.59. The second kappa shape index (κ2) is 8.55. The predicted octanol–water partition coefficient (Wildman–Crippen LogP) is 2.23. The quantitative estimate of drug-likeness (QED) is 0.727. The van der Waals surface area contributed by atoms with Crippen molar-refractivity contribution in [2.75, 3.05) is 32.8 Å². The van der Waals surface area contributed by atoms with E-state index in [1.54, 1.807) is 4.90 Å². The number of ether oxygens (including phenoxy) is 1. The van der Waals surface area contributed by atoms with Gasteiger partial charge in [-0.15, -0.1) is 0 Å². The highest BCUT2D eigenvalue weighted by atomic mass is 32.2. The average Bonchev–Trinajstić information content (AvgIpc) is 3.20. The van der Waals surface area contributed by atoms with E-state index in [4.69, 9.17) is 4.74 Å². The molecule has 1 amide bonds. The van der Waals surface area contributed by atoms with Crippen LogP contribution in [0.3, 0.4) is 0 Å². The van der Waals surface area contributed by atoms with Gasteiger partial charge in [0, 0.05) is 26.2 Å². The average molecular weight is 415 g/mol. The number of carbonyl (C=O) groups is 1. The molecule has 0 N–H and O–H groups in total. The van der Waals surface area contributed by atoms with Gasteiger partial charge in [0.2, 0.25) is 10.0 Å². The van der Waals surface area contributed by atoms with Crippen molar-refractivity contribution in [1.82, 2.24) is 9.21 Å². The number of rotatable bonds is 6. The number of fused-ring (bicyclic) bond motifs is 1. The molecule has 0 atom stereocenters. The van der Waals surface area contributed by atoms with Gasteiger partial charge >= 0.3 is 0 Å². The number of sulfonamides is 1. The SMILES string of the molecule is O=C(COc1ccc2c(c1)CCC2)N1CCN(S(=O)(=O)Cc2ccccc2)CC1. The summed E-state index contributed by atoms with van der Waals surface area (Å²) in [5.74, 6) is 0.608. The van der Waals surface area contributed by atoms with Gasteiger partial charge in [0.1, 0.15) is 5.75 Å². The zero-order valence-electron chi connectivity index (χ0n) is 16.4. The molecule has 0 radical (unpaired) electrons. The van der Waals surface area contributed by atoms with Gasteiger partial charge < -0.3 is 9.64 Å². The van der Waals surface area contributed by atoms with Crippen LogP contribution in [0.1, 0.15) is 23.1 Å². The zero-order valence-corrected chi connectivity index (χ0v) is 17.2. The van der Waals surface area contributed by atoms with Crippen molar-refractivity contribution in [1.29, 1.82) is 0 Å². The highest BCUT2D eigenvalue weighted by Crippen LogP contribution is 2.26. The summed E-state index contributed by atoms with van der Waals surface area (Å²) >= 11 is 0. The lowest BCUT2D eigenvalue weighted by molar-refractivity contribution is -0.134. The van der Waals surface area contributed by atoms with E-state index < -0.39 is 10.0 Å². The monoisotopic (exact) mass is 414 g/mol. The molecule has 0 unspecified atom stereocenters. The molecular weight excluding hydrogens is 388 g/mol. The third-order valence-electron chi connectivity index (χ3n) is 5.61. The van der Waals surface area contributed by atoms with Gasteiger partial charge in [0.15, 0.2) is 6.61 Å². The van der Waals surface area contributed by atoms with Gasteiger partial charge in [0.25, 0.3) is 5.91 Å². The standard InChI is InChI=1S/C22H26N2O4S/c25-22(16-28-21-10-9-19-7-4-8-20(19)15-21)23-11-13-24(14-12-23)29(26,27)17-18-5-2-1-3-6-18/h1-3,5-6,9-10,15H,4,7-8,11-14,16-17H2. The lowest BCUT2D eigenvalue weighted by atomic mass is 10.1. The third kappa shape index (κ3) is 4.79. The van der Waals surface area contributed by atoms with E-state index in [1.807, 2.05) is 42.5 Å². The maximum Gasteiger partial charge on any atom is 0.260 e. The number of piperazine rings is 1. The summed E-state index contributed by atoms with van der Waals surface area (Å²) in [5, 5.41) is 0. The molecule has 0 saturated carbocycles. The smallest absolute Gasteiger partial charge is 0.260 e. The minimum absolute atomic E-state index is 0.0107. The van der Waals surface area contributed by atoms with Crippen LogP contribution in [0.5, 0.6) is 5.75 Å². The maximum absolute atomic E-state index is 12.6. The summed E-state index contributed by atoms with van der Waals surface area (Å²) in [5.41, 5.74) is 3.46. The van der Waals surface area contributed by atoms with Gasteiger partial charge in [-0.1, -0.05) is 36.4 Å². The summed E-state index contributed by atoms with van der Waals surface area (Å²) in [6, 6.07) is 15.2. The Morgan fingerprint density at radius 2 is 1.66 bits per heavy atom. The van der Waals surface area contributed by atoms with Crippen LogP contribution in [0.2, 0.25) is 0 Å². The molecule has 154 valence electrons. The summed E-state index contributed by atoms with van der Waals surface area (Å²) in [6.07, 6.45) is 3.36. The molecule has 0 aromatic heterocycles. The number of benzene rings is 2. The minimum Gasteiger partial charge on any atom is -0.484 e. The van der Waals surface area contributed by atoms with Gasteiger partial charge in [0.05, 0.1) is 5.75 Å². The van der Waals surface area contributed by atoms with Gasteiger partial charge in [-0.3, -0.25) is 4.79 Å². The summed E-state index contributed by atoms with van der Waals surface area (Å²) in [6.45, 7) is 1.40. The van der Waals surface area contributed by atoms with Crippen LogP contribution in [0.25, 0.3) is 0 Å². The van der Waals surface area contributed by atoms with Crippen molar-refractivity contribution in [3.8, 4) is 5.75 Å². The summed E-state index contributed by atoms with van der Waals surface area (Å²) < 4.78 is 32.4. The Balaban J connectivity index is 1.27. The maximum atomic E-state index is 12.6. The highest BCUT2D eigenvalue weighted by Gasteiger charge is 2.29. The number of hydrogen-bond donors (Lipinski definition) is 0. The molecule has 6 nitrogen and oxygen atoms in total. The Morgan fingerprint density at radius 3 is 2.41 bits per heavy atom. The van der Waals surface area contributed by atoms with Crippen LogP contribution in [0.4, 0.5) is 0 Å². The molecule has 1 heterocycles. The Kier molecular flexibility index (Phi) is 5.87. The third-order valence-corrected chi connectivity index (χ3v) is 7.46. The first-order valence-corrected chi connectivity index (χ1v) is 11.7. The molecule has 29 heavy (non-hydrogen) atoms. The van der Waals surface area contributed by atoms with Crippen LogP contribution >= 0.6 is 0 Å². The first-order chi connectivity index (χ1) is 14.0. The van der Waals surface area contributed by atoms with E-state index in [-0.39, 0.29) is 18.3 Å². The van der Waals surface area contributed by atoms with Crippen molar-refractivity contribution < 1.29 is 17.9 Å². The largest absolute Gasteiger partial charge is 0.484 e. The number of carbonyl (C=O) groups excluding carboxylic acids is 1. The molecule has 0 spiro atoms. The molecule has 2 aromatic rings. The van der Waals surface area contributed by atoms with E-state index in [9.17, 15) is 13.2 Å². The zero-order chi connectivity index (χ0) is 20.3. The van der Waals surface area contributed by atoms with Gasteiger partial charge in [-0.05, 0) is 48.1 Å². The van der Waals surface area contributed by atoms with E-state index in [0.717, 1.165) is 24.2 Å². The van der Waals surface area contributed by atoms with Crippen molar-refractivity contribution in [2.45, 2.75) is 25.0 Å². The number of aryl methyl sites for hydroxylation is 2. The summed E-state index contributed by atoms with van der Waals surface area (Å²) in [4.78, 5) is 14.2. The fourth-order valence-corrected chi connectivity index (χ4v) is 5.48. The van der Waals surface area contributed by atoms with E-state index in [1.165, 1.54) is 21.9 Å². The van der Waals surface area contributed by atoms with Gasteiger partial charge in [-0.2, -0.15) is 4.31 Å². The van der Waals surface area contributed by atoms with Crippen LogP contribution in [-0.4, -0.2) is 56.3 Å². The van der Waals surface area contributed by atoms with Crippen LogP contribution < -0.4 is 4.74 Å². The van der Waals surface area contributed by atoms with Crippen molar-refractivity contribution >= 4 is 15.9 Å². The molecule has 0 bridgehead atoms. The first kappa shape index (κ1) is 19.9. The molecule has 1 fully saturated rings. The number of hydrogen-bond acceptors (Lipinski definition) is 4. The number of nitrogens with zero attached hydrogens (tertiary/aromatic N) is 2. The summed E-state index contributed by atoms with van der Waals surface area (Å²) in [7, 11) is -3.38. The van der Waals surface area contributed by atoms with Crippen molar-refractivity contribution in [2.24, 2.45) is 0 Å². The normalized spacial score (nSPS) is 17.2. The minimum atomic E-state index is -3.38. The van der Waals surface area contributed by atoms with E-state index in [0.29, 0.717) is 26.2 Å². The molecular formula is C22H26N2O4S. The van der Waals surface area contributed by atoms with Crippen LogP contribution in [0, 0.1) is 0 Å². The van der Waals surface area contributed by atoms with E-state index >= 15 is 0 Å². The molecule has 1 aliphatic carbocycles. The first-order valence-electron chi connectivity index (χ1n) is 10.1. The molecule has 1 aliphatic heterocycles. The fourth-order valence-electron chi connectivity index (χ4n) is 3.97. The molecule has 1 saturated heterocycles. The molecule has 2 aliphatic rings. The second-order valence-corrected chi connectivity index (χ2v) is 9.56. The van der Waals surface area contributed by atoms with E-state index in [2.05, 4.69) is 6.07 Å². The Labute approximate surface area is 172 Å². The fraction of sp³-hybridized carbons (Fsp3) is 0.409.